The Bertz CT molecular complexity index is 599. The Balaban J connectivity index is 2.29. The summed E-state index contributed by atoms with van der Waals surface area (Å²) in [7, 11) is 0. The number of aromatic nitrogens is 2. The number of aryl methyl sites for hydroxylation is 1. The van der Waals surface area contributed by atoms with Crippen LogP contribution in [0.5, 0.6) is 5.75 Å². The quantitative estimate of drug-likeness (QED) is 0.669. The summed E-state index contributed by atoms with van der Waals surface area (Å²) in [4.78, 5) is 8.10. The molecule has 1 heterocycles. The van der Waals surface area contributed by atoms with E-state index in [-0.39, 0.29) is 5.75 Å². The number of nitrogens with one attached hydrogen (secondary N) is 1. The van der Waals surface area contributed by atoms with Crippen LogP contribution in [0.15, 0.2) is 30.6 Å². The molecule has 0 spiro atoms. The lowest BCUT2D eigenvalue weighted by atomic mass is 10.1. The zero-order valence-electron chi connectivity index (χ0n) is 10.4. The Labute approximate surface area is 112 Å². The fourth-order valence-electron chi connectivity index (χ4n) is 1.66. The zero-order valence-corrected chi connectivity index (χ0v) is 10.4. The standard InChI is InChI=1S/C12H11F3N4O/c1-7-4-8(20-12(13,14)15)2-3-9(7)10-5-18-11(19-16)6-17-10/h2-6H,16H2,1H3,(H,18,19). The van der Waals surface area contributed by atoms with Gasteiger partial charge in [0.1, 0.15) is 5.75 Å². The van der Waals surface area contributed by atoms with Crippen molar-refractivity contribution >= 4 is 5.82 Å². The second kappa shape index (κ2) is 5.33. The average molecular weight is 284 g/mol. The Morgan fingerprint density at radius 2 is 1.95 bits per heavy atom. The predicted octanol–water partition coefficient (Wildman–Crippen LogP) is 2.64. The van der Waals surface area contributed by atoms with Crippen molar-refractivity contribution < 1.29 is 17.9 Å². The molecule has 1 aromatic heterocycles. The van der Waals surface area contributed by atoms with E-state index in [9.17, 15) is 13.2 Å². The van der Waals surface area contributed by atoms with E-state index in [1.807, 2.05) is 0 Å². The van der Waals surface area contributed by atoms with Gasteiger partial charge < -0.3 is 10.2 Å². The second-order valence-electron chi connectivity index (χ2n) is 3.96. The van der Waals surface area contributed by atoms with Crippen LogP contribution in [0.1, 0.15) is 5.56 Å². The molecule has 0 amide bonds. The highest BCUT2D eigenvalue weighted by atomic mass is 19.4. The first kappa shape index (κ1) is 14.1. The van der Waals surface area contributed by atoms with Crippen molar-refractivity contribution in [2.45, 2.75) is 13.3 Å². The van der Waals surface area contributed by atoms with Crippen LogP contribution >= 0.6 is 0 Å². The smallest absolute Gasteiger partial charge is 0.406 e. The molecule has 0 unspecified atom stereocenters. The molecule has 106 valence electrons. The molecule has 2 aromatic rings. The minimum absolute atomic E-state index is 0.271. The van der Waals surface area contributed by atoms with Gasteiger partial charge in [0, 0.05) is 5.56 Å². The van der Waals surface area contributed by atoms with Crippen molar-refractivity contribution in [2.24, 2.45) is 5.84 Å². The first-order chi connectivity index (χ1) is 9.39. The summed E-state index contributed by atoms with van der Waals surface area (Å²) in [6, 6.07) is 4.02. The van der Waals surface area contributed by atoms with Crippen molar-refractivity contribution in [3.8, 4) is 17.0 Å². The fourth-order valence-corrected chi connectivity index (χ4v) is 1.66. The maximum Gasteiger partial charge on any atom is 0.573 e. The highest BCUT2D eigenvalue weighted by Gasteiger charge is 2.31. The van der Waals surface area contributed by atoms with Gasteiger partial charge in [0.05, 0.1) is 18.1 Å². The van der Waals surface area contributed by atoms with E-state index in [1.54, 1.807) is 6.92 Å². The highest BCUT2D eigenvalue weighted by molar-refractivity contribution is 5.64. The van der Waals surface area contributed by atoms with Crippen LogP contribution in [0.2, 0.25) is 0 Å². The van der Waals surface area contributed by atoms with Crippen molar-refractivity contribution in [2.75, 3.05) is 5.43 Å². The summed E-state index contributed by atoms with van der Waals surface area (Å²) >= 11 is 0. The fraction of sp³-hybridized carbons (Fsp3) is 0.167. The molecule has 0 atom stereocenters. The normalized spacial score (nSPS) is 11.2. The summed E-state index contributed by atoms with van der Waals surface area (Å²) in [6.45, 7) is 1.66. The Kier molecular flexibility index (Phi) is 3.75. The number of alkyl halides is 3. The van der Waals surface area contributed by atoms with E-state index in [2.05, 4.69) is 20.1 Å². The molecule has 5 nitrogen and oxygen atoms in total. The number of halogens is 3. The average Bonchev–Trinajstić information content (AvgIpc) is 2.37. The van der Waals surface area contributed by atoms with Gasteiger partial charge in [-0.15, -0.1) is 13.2 Å². The van der Waals surface area contributed by atoms with Crippen LogP contribution in [0.4, 0.5) is 19.0 Å². The number of anilines is 1. The van der Waals surface area contributed by atoms with Crippen LogP contribution in [0.3, 0.4) is 0 Å². The van der Waals surface area contributed by atoms with Crippen molar-refractivity contribution in [1.82, 2.24) is 9.97 Å². The van der Waals surface area contributed by atoms with Gasteiger partial charge in [-0.2, -0.15) is 0 Å². The molecule has 0 aliphatic rings. The van der Waals surface area contributed by atoms with E-state index in [0.29, 0.717) is 22.6 Å². The third-order valence-electron chi connectivity index (χ3n) is 2.51. The minimum Gasteiger partial charge on any atom is -0.406 e. The first-order valence-corrected chi connectivity index (χ1v) is 5.54. The Morgan fingerprint density at radius 3 is 2.45 bits per heavy atom. The number of benzene rings is 1. The molecule has 0 bridgehead atoms. The summed E-state index contributed by atoms with van der Waals surface area (Å²) in [6.07, 6.45) is -1.81. The van der Waals surface area contributed by atoms with Crippen LogP contribution in [-0.2, 0) is 0 Å². The molecule has 0 saturated heterocycles. The van der Waals surface area contributed by atoms with E-state index < -0.39 is 6.36 Å². The van der Waals surface area contributed by atoms with Crippen LogP contribution in [0, 0.1) is 6.92 Å². The lowest BCUT2D eigenvalue weighted by molar-refractivity contribution is -0.274. The monoisotopic (exact) mass is 284 g/mol. The van der Waals surface area contributed by atoms with Gasteiger partial charge in [-0.05, 0) is 30.7 Å². The SMILES string of the molecule is Cc1cc(OC(F)(F)F)ccc1-c1cnc(NN)cn1. The van der Waals surface area contributed by atoms with Crippen molar-refractivity contribution in [3.05, 3.63) is 36.2 Å². The maximum absolute atomic E-state index is 12.1. The number of rotatable bonds is 3. The van der Waals surface area contributed by atoms with Gasteiger partial charge in [-0.25, -0.2) is 10.8 Å². The Morgan fingerprint density at radius 1 is 1.20 bits per heavy atom. The number of hydrazine groups is 1. The number of nitrogens with zero attached hydrogens (tertiary/aromatic N) is 2. The maximum atomic E-state index is 12.1. The molecule has 0 saturated carbocycles. The molecule has 8 heteroatoms. The number of nitrogens with two attached hydrogens (primary N) is 1. The van der Waals surface area contributed by atoms with E-state index in [1.165, 1.54) is 30.6 Å². The third-order valence-corrected chi connectivity index (χ3v) is 2.51. The first-order valence-electron chi connectivity index (χ1n) is 5.54. The van der Waals surface area contributed by atoms with Gasteiger partial charge in [0.2, 0.25) is 0 Å². The van der Waals surface area contributed by atoms with E-state index in [4.69, 9.17) is 5.84 Å². The minimum atomic E-state index is -4.71. The molecular formula is C12H11F3N4O. The summed E-state index contributed by atoms with van der Waals surface area (Å²) in [5, 5.41) is 0. The zero-order chi connectivity index (χ0) is 14.8. The van der Waals surface area contributed by atoms with Gasteiger partial charge in [-0.1, -0.05) is 0 Å². The number of hydrogen-bond donors (Lipinski definition) is 2. The highest BCUT2D eigenvalue weighted by Crippen LogP contribution is 2.28. The molecule has 0 aliphatic carbocycles. The molecule has 2 rings (SSSR count). The van der Waals surface area contributed by atoms with Gasteiger partial charge in [0.15, 0.2) is 5.82 Å². The molecule has 20 heavy (non-hydrogen) atoms. The molecule has 0 fully saturated rings. The largest absolute Gasteiger partial charge is 0.573 e. The summed E-state index contributed by atoms with van der Waals surface area (Å²) in [5.41, 5.74) is 4.12. The van der Waals surface area contributed by atoms with Gasteiger partial charge in [0.25, 0.3) is 0 Å². The topological polar surface area (TPSA) is 73.1 Å². The predicted molar refractivity (Wildman–Crippen MR) is 66.7 cm³/mol. The molecular weight excluding hydrogens is 273 g/mol. The molecule has 0 radical (unpaired) electrons. The van der Waals surface area contributed by atoms with Crippen LogP contribution < -0.4 is 16.0 Å². The number of hydrogen-bond acceptors (Lipinski definition) is 5. The van der Waals surface area contributed by atoms with Gasteiger partial charge >= 0.3 is 6.36 Å². The third kappa shape index (κ3) is 3.35. The Hall–Kier alpha value is -2.35. The number of ether oxygens (including phenoxy) is 1. The lowest BCUT2D eigenvalue weighted by Crippen LogP contribution is -2.17. The van der Waals surface area contributed by atoms with Gasteiger partial charge in [-0.3, -0.25) is 4.98 Å². The van der Waals surface area contributed by atoms with Crippen LogP contribution in [0.25, 0.3) is 11.3 Å². The van der Waals surface area contributed by atoms with Crippen LogP contribution in [-0.4, -0.2) is 16.3 Å². The second-order valence-corrected chi connectivity index (χ2v) is 3.96. The summed E-state index contributed by atoms with van der Waals surface area (Å²) < 4.78 is 40.2. The molecule has 0 aliphatic heterocycles. The lowest BCUT2D eigenvalue weighted by Gasteiger charge is -2.11. The van der Waals surface area contributed by atoms with E-state index >= 15 is 0 Å². The molecule has 3 N–H and O–H groups in total. The van der Waals surface area contributed by atoms with E-state index in [0.717, 1.165) is 0 Å². The van der Waals surface area contributed by atoms with Crippen molar-refractivity contribution in [3.63, 3.8) is 0 Å². The number of nitrogen functional groups attached to an aromatic ring is 1. The summed E-state index contributed by atoms with van der Waals surface area (Å²) in [5.74, 6) is 5.29. The molecule has 1 aromatic carbocycles. The van der Waals surface area contributed by atoms with Crippen molar-refractivity contribution in [1.29, 1.82) is 0 Å².